The van der Waals surface area contributed by atoms with Crippen LogP contribution in [0.4, 0.5) is 15.8 Å². The second-order valence-electron chi connectivity index (χ2n) is 4.14. The maximum atomic E-state index is 13.8. The van der Waals surface area contributed by atoms with Gasteiger partial charge in [-0.1, -0.05) is 0 Å². The Morgan fingerprint density at radius 3 is 2.74 bits per heavy atom. The molecular formula is C12H14FN3O3. The number of hydrogen-bond acceptors (Lipinski definition) is 5. The Hall–Kier alpha value is -2.36. The average molecular weight is 267 g/mol. The number of nitro groups is 1. The average Bonchev–Trinajstić information content (AvgIpc) is 2.37. The van der Waals surface area contributed by atoms with E-state index in [4.69, 9.17) is 10.00 Å². The topological polar surface area (TPSA) is 79.4 Å². The molecular weight excluding hydrogens is 253 g/mol. The zero-order valence-corrected chi connectivity index (χ0v) is 10.9. The fourth-order valence-corrected chi connectivity index (χ4v) is 1.68. The first-order valence-corrected chi connectivity index (χ1v) is 5.53. The highest BCUT2D eigenvalue weighted by Gasteiger charge is 2.21. The molecule has 0 N–H and O–H groups in total. The summed E-state index contributed by atoms with van der Waals surface area (Å²) >= 11 is 0. The van der Waals surface area contributed by atoms with Crippen molar-refractivity contribution in [1.29, 1.82) is 5.26 Å². The van der Waals surface area contributed by atoms with Crippen molar-refractivity contribution >= 4 is 11.4 Å². The summed E-state index contributed by atoms with van der Waals surface area (Å²) in [5, 5.41) is 19.5. The van der Waals surface area contributed by atoms with Crippen LogP contribution in [0.5, 0.6) is 5.75 Å². The summed E-state index contributed by atoms with van der Waals surface area (Å²) in [5.41, 5.74) is -0.268. The molecule has 0 amide bonds. The molecule has 0 fully saturated rings. The minimum atomic E-state index is -0.722. The first-order chi connectivity index (χ1) is 8.90. The number of nitro benzene ring substituents is 1. The van der Waals surface area contributed by atoms with Crippen molar-refractivity contribution < 1.29 is 14.1 Å². The molecule has 0 bridgehead atoms. The van der Waals surface area contributed by atoms with Crippen molar-refractivity contribution in [2.45, 2.75) is 6.92 Å². The predicted octanol–water partition coefficient (Wildman–Crippen LogP) is 2.34. The zero-order valence-electron chi connectivity index (χ0n) is 10.9. The van der Waals surface area contributed by atoms with Gasteiger partial charge in [0.15, 0.2) is 11.6 Å². The number of ether oxygens (including phenoxy) is 1. The van der Waals surface area contributed by atoms with E-state index < -0.39 is 16.4 Å². The molecule has 6 nitrogen and oxygen atoms in total. The van der Waals surface area contributed by atoms with Crippen LogP contribution < -0.4 is 9.64 Å². The Kier molecular flexibility index (Phi) is 4.64. The summed E-state index contributed by atoms with van der Waals surface area (Å²) in [5.74, 6) is -1.02. The smallest absolute Gasteiger partial charge is 0.313 e. The van der Waals surface area contributed by atoms with Crippen LogP contribution in [0.25, 0.3) is 0 Å². The van der Waals surface area contributed by atoms with Gasteiger partial charge in [-0.25, -0.2) is 4.39 Å². The lowest BCUT2D eigenvalue weighted by Crippen LogP contribution is -2.24. The fraction of sp³-hybridized carbons (Fsp3) is 0.417. The number of methoxy groups -OCH3 is 1. The van der Waals surface area contributed by atoms with E-state index in [0.29, 0.717) is 6.54 Å². The van der Waals surface area contributed by atoms with Gasteiger partial charge in [0, 0.05) is 19.7 Å². The number of nitrogens with zero attached hydrogens (tertiary/aromatic N) is 3. The Balaban J connectivity index is 3.16. The molecule has 1 atom stereocenters. The Bertz CT molecular complexity index is 528. The van der Waals surface area contributed by atoms with E-state index >= 15 is 0 Å². The monoisotopic (exact) mass is 267 g/mol. The van der Waals surface area contributed by atoms with E-state index in [-0.39, 0.29) is 17.4 Å². The third-order valence-electron chi connectivity index (χ3n) is 2.62. The van der Waals surface area contributed by atoms with Gasteiger partial charge in [0.1, 0.15) is 0 Å². The Morgan fingerprint density at radius 1 is 1.63 bits per heavy atom. The summed E-state index contributed by atoms with van der Waals surface area (Å²) in [7, 11) is 2.89. The molecule has 1 aromatic carbocycles. The molecule has 7 heteroatoms. The summed E-state index contributed by atoms with van der Waals surface area (Å²) in [6.45, 7) is 2.02. The Morgan fingerprint density at radius 2 is 2.26 bits per heavy atom. The molecule has 0 aliphatic carbocycles. The zero-order chi connectivity index (χ0) is 14.6. The van der Waals surface area contributed by atoms with E-state index in [9.17, 15) is 14.5 Å². The standard InChI is InChI=1S/C12H14FN3O3/c1-8(6-14)7-15(2)10-5-12(19-3)11(16(17)18)4-9(10)13/h4-5,8H,7H2,1-3H3. The first kappa shape index (κ1) is 14.7. The van der Waals surface area contributed by atoms with Crippen molar-refractivity contribution in [3.63, 3.8) is 0 Å². The number of nitriles is 1. The minimum Gasteiger partial charge on any atom is -0.490 e. The quantitative estimate of drug-likeness (QED) is 0.604. The Labute approximate surface area is 110 Å². The number of hydrogen-bond donors (Lipinski definition) is 0. The first-order valence-electron chi connectivity index (χ1n) is 5.53. The van der Waals surface area contributed by atoms with Crippen LogP contribution in [-0.2, 0) is 0 Å². The molecule has 0 aliphatic heterocycles. The van der Waals surface area contributed by atoms with Crippen molar-refractivity contribution in [3.05, 3.63) is 28.1 Å². The number of anilines is 1. The second-order valence-corrected chi connectivity index (χ2v) is 4.14. The van der Waals surface area contributed by atoms with Crippen LogP contribution in [0, 0.1) is 33.2 Å². The third-order valence-corrected chi connectivity index (χ3v) is 2.62. The molecule has 102 valence electrons. The van der Waals surface area contributed by atoms with Gasteiger partial charge in [-0.05, 0) is 6.92 Å². The van der Waals surface area contributed by atoms with Gasteiger partial charge in [-0.2, -0.15) is 5.26 Å². The number of rotatable bonds is 5. The normalized spacial score (nSPS) is 11.5. The molecule has 0 radical (unpaired) electrons. The summed E-state index contributed by atoms with van der Waals surface area (Å²) in [4.78, 5) is 11.6. The highest BCUT2D eigenvalue weighted by molar-refractivity contribution is 5.60. The van der Waals surface area contributed by atoms with Crippen LogP contribution in [0.2, 0.25) is 0 Å². The van der Waals surface area contributed by atoms with Crippen molar-refractivity contribution in [2.24, 2.45) is 5.92 Å². The predicted molar refractivity (Wildman–Crippen MR) is 67.7 cm³/mol. The van der Waals surface area contributed by atoms with Crippen molar-refractivity contribution in [2.75, 3.05) is 25.6 Å². The van der Waals surface area contributed by atoms with Gasteiger partial charge in [-0.3, -0.25) is 10.1 Å². The van der Waals surface area contributed by atoms with Gasteiger partial charge in [0.2, 0.25) is 0 Å². The highest BCUT2D eigenvalue weighted by atomic mass is 19.1. The van der Waals surface area contributed by atoms with Crippen LogP contribution >= 0.6 is 0 Å². The maximum absolute atomic E-state index is 13.8. The molecule has 0 saturated heterocycles. The molecule has 0 aromatic heterocycles. The van der Waals surface area contributed by atoms with Crippen LogP contribution in [0.15, 0.2) is 12.1 Å². The molecule has 1 aromatic rings. The van der Waals surface area contributed by atoms with Crippen LogP contribution in [0.1, 0.15) is 6.92 Å². The number of halogens is 1. The van der Waals surface area contributed by atoms with Crippen molar-refractivity contribution in [3.8, 4) is 11.8 Å². The number of benzene rings is 1. The summed E-state index contributed by atoms with van der Waals surface area (Å²) in [6.07, 6.45) is 0. The largest absolute Gasteiger partial charge is 0.490 e. The molecule has 0 spiro atoms. The molecule has 0 saturated carbocycles. The second kappa shape index (κ2) is 6.00. The van der Waals surface area contributed by atoms with E-state index in [1.165, 1.54) is 18.1 Å². The van der Waals surface area contributed by atoms with Gasteiger partial charge < -0.3 is 9.64 Å². The lowest BCUT2D eigenvalue weighted by Gasteiger charge is -2.21. The SMILES string of the molecule is COc1cc(N(C)CC(C)C#N)c(F)cc1[N+](=O)[O-]. The summed E-state index contributed by atoms with van der Waals surface area (Å²) < 4.78 is 18.7. The van der Waals surface area contributed by atoms with Crippen molar-refractivity contribution in [1.82, 2.24) is 0 Å². The lowest BCUT2D eigenvalue weighted by atomic mass is 10.1. The van der Waals surface area contributed by atoms with Gasteiger partial charge in [-0.15, -0.1) is 0 Å². The lowest BCUT2D eigenvalue weighted by molar-refractivity contribution is -0.385. The molecule has 19 heavy (non-hydrogen) atoms. The molecule has 0 aliphatic rings. The van der Waals surface area contributed by atoms with E-state index in [1.54, 1.807) is 14.0 Å². The maximum Gasteiger partial charge on any atom is 0.313 e. The molecule has 0 heterocycles. The van der Waals surface area contributed by atoms with Gasteiger partial charge in [0.05, 0.1) is 35.8 Å². The van der Waals surface area contributed by atoms with E-state index in [1.807, 2.05) is 6.07 Å². The molecule has 1 unspecified atom stereocenters. The van der Waals surface area contributed by atoms with Crippen LogP contribution in [0.3, 0.4) is 0 Å². The van der Waals surface area contributed by atoms with Gasteiger partial charge in [0.25, 0.3) is 0 Å². The third kappa shape index (κ3) is 3.31. The van der Waals surface area contributed by atoms with E-state index in [2.05, 4.69) is 0 Å². The fourth-order valence-electron chi connectivity index (χ4n) is 1.68. The van der Waals surface area contributed by atoms with Crippen LogP contribution in [-0.4, -0.2) is 25.6 Å². The highest BCUT2D eigenvalue weighted by Crippen LogP contribution is 2.33. The summed E-state index contributed by atoms with van der Waals surface area (Å²) in [6, 6.07) is 4.12. The van der Waals surface area contributed by atoms with Gasteiger partial charge >= 0.3 is 5.69 Å². The molecule has 1 rings (SSSR count). The minimum absolute atomic E-state index is 0.0159. The van der Waals surface area contributed by atoms with E-state index in [0.717, 1.165) is 6.07 Å².